The number of unbranched alkanes of at least 4 members (excludes halogenated alkanes) is 3. The highest BCUT2D eigenvalue weighted by Crippen LogP contribution is 2.32. The lowest BCUT2D eigenvalue weighted by Gasteiger charge is -2.53. The maximum Gasteiger partial charge on any atom is 0.436 e. The summed E-state index contributed by atoms with van der Waals surface area (Å²) in [4.78, 5) is 50.2. The number of hydrogen-bond donors (Lipinski definition) is 1. The van der Waals surface area contributed by atoms with Gasteiger partial charge >= 0.3 is 6.09 Å². The highest BCUT2D eigenvalue weighted by Gasteiger charge is 2.53. The summed E-state index contributed by atoms with van der Waals surface area (Å²) in [6, 6.07) is 15.3. The van der Waals surface area contributed by atoms with E-state index in [1.165, 1.54) is 9.96 Å². The van der Waals surface area contributed by atoms with Gasteiger partial charge in [-0.2, -0.15) is 5.06 Å². The molecule has 210 valence electrons. The van der Waals surface area contributed by atoms with Crippen LogP contribution >= 0.6 is 0 Å². The third kappa shape index (κ3) is 6.71. The van der Waals surface area contributed by atoms with Crippen LogP contribution in [-0.4, -0.2) is 69.3 Å². The van der Waals surface area contributed by atoms with Crippen molar-refractivity contribution < 1.29 is 29.1 Å². The zero-order chi connectivity index (χ0) is 27.9. The van der Waals surface area contributed by atoms with Gasteiger partial charge in [-0.3, -0.25) is 14.4 Å². The summed E-state index contributed by atoms with van der Waals surface area (Å²) < 4.78 is 5.58. The molecule has 3 atom stereocenters. The predicted molar refractivity (Wildman–Crippen MR) is 145 cm³/mol. The van der Waals surface area contributed by atoms with Gasteiger partial charge in [0.15, 0.2) is 12.3 Å². The molecule has 3 amide bonds. The standard InChI is InChI=1S/C30H39N3O6/c1-4-5-6-10-17-38-30(37)33-26-20-31(19-23-11-8-7-9-12-23)28(35)25(18-22-13-15-24(34)16-14-22)32(26)29(36)27(39-33)21(2)3/h7-9,11-16,21,25-27,34H,4-6,10,17-20H2,1-3H3/t25-,26?,27-/m0/s1. The van der Waals surface area contributed by atoms with Crippen molar-refractivity contribution in [2.24, 2.45) is 5.92 Å². The molecule has 2 saturated heterocycles. The number of piperazine rings is 1. The second-order valence-corrected chi connectivity index (χ2v) is 10.6. The third-order valence-electron chi connectivity index (χ3n) is 7.22. The molecule has 0 bridgehead atoms. The first-order valence-corrected chi connectivity index (χ1v) is 13.9. The molecule has 39 heavy (non-hydrogen) atoms. The van der Waals surface area contributed by atoms with Crippen LogP contribution in [0.25, 0.3) is 0 Å². The molecule has 9 nitrogen and oxygen atoms in total. The van der Waals surface area contributed by atoms with Crippen molar-refractivity contribution in [1.82, 2.24) is 14.9 Å². The van der Waals surface area contributed by atoms with Gasteiger partial charge in [-0.15, -0.1) is 0 Å². The largest absolute Gasteiger partial charge is 0.508 e. The number of phenolic OH excluding ortho intramolecular Hbond substituents is 1. The van der Waals surface area contributed by atoms with Crippen LogP contribution in [0.15, 0.2) is 54.6 Å². The molecule has 2 aliphatic rings. The maximum absolute atomic E-state index is 13.9. The fourth-order valence-electron chi connectivity index (χ4n) is 5.10. The van der Waals surface area contributed by atoms with Gasteiger partial charge < -0.3 is 19.6 Å². The van der Waals surface area contributed by atoms with Crippen LogP contribution in [-0.2, 0) is 32.1 Å². The summed E-state index contributed by atoms with van der Waals surface area (Å²) in [6.45, 7) is 6.50. The number of ether oxygens (including phenoxy) is 1. The summed E-state index contributed by atoms with van der Waals surface area (Å²) >= 11 is 0. The van der Waals surface area contributed by atoms with Gasteiger partial charge in [-0.1, -0.05) is 82.5 Å². The van der Waals surface area contributed by atoms with Crippen LogP contribution < -0.4 is 0 Å². The number of phenols is 1. The van der Waals surface area contributed by atoms with Gasteiger partial charge in [0.05, 0.1) is 13.2 Å². The van der Waals surface area contributed by atoms with E-state index in [1.807, 2.05) is 44.2 Å². The number of rotatable bonds is 10. The molecule has 1 unspecified atom stereocenters. The summed E-state index contributed by atoms with van der Waals surface area (Å²) in [5.41, 5.74) is 1.73. The van der Waals surface area contributed by atoms with E-state index in [4.69, 9.17) is 9.57 Å². The molecule has 0 aromatic heterocycles. The van der Waals surface area contributed by atoms with Crippen LogP contribution in [0.5, 0.6) is 5.75 Å². The van der Waals surface area contributed by atoms with Gasteiger partial charge in [0.25, 0.3) is 5.91 Å². The third-order valence-corrected chi connectivity index (χ3v) is 7.22. The quantitative estimate of drug-likeness (QED) is 0.449. The highest BCUT2D eigenvalue weighted by molar-refractivity contribution is 5.92. The molecular weight excluding hydrogens is 498 g/mol. The van der Waals surface area contributed by atoms with Crippen molar-refractivity contribution in [3.63, 3.8) is 0 Å². The molecule has 4 rings (SSSR count). The minimum atomic E-state index is -0.926. The van der Waals surface area contributed by atoms with Gasteiger partial charge in [0, 0.05) is 13.0 Å². The molecule has 0 radical (unpaired) electrons. The van der Waals surface area contributed by atoms with E-state index in [0.29, 0.717) is 6.54 Å². The fourth-order valence-corrected chi connectivity index (χ4v) is 5.10. The SMILES string of the molecule is CCCCCCOC(=O)N1O[C@@H](C(C)C)C(=O)N2C1CN(Cc1ccccc1)C(=O)[C@@H]2Cc1ccc(O)cc1. The van der Waals surface area contributed by atoms with Crippen molar-refractivity contribution in [1.29, 1.82) is 0 Å². The Kier molecular flexibility index (Phi) is 9.45. The second-order valence-electron chi connectivity index (χ2n) is 10.6. The van der Waals surface area contributed by atoms with Crippen molar-refractivity contribution in [2.75, 3.05) is 13.2 Å². The van der Waals surface area contributed by atoms with Crippen LogP contribution in [0.3, 0.4) is 0 Å². The van der Waals surface area contributed by atoms with E-state index >= 15 is 0 Å². The van der Waals surface area contributed by atoms with E-state index in [-0.39, 0.29) is 43.1 Å². The highest BCUT2D eigenvalue weighted by atomic mass is 16.7. The van der Waals surface area contributed by atoms with Crippen molar-refractivity contribution >= 4 is 17.9 Å². The van der Waals surface area contributed by atoms with E-state index in [2.05, 4.69) is 6.92 Å². The minimum Gasteiger partial charge on any atom is -0.508 e. The molecule has 2 aliphatic heterocycles. The maximum atomic E-state index is 13.9. The number of carbonyl (C=O) groups is 3. The Hall–Kier alpha value is -3.59. The number of fused-ring (bicyclic) bond motifs is 1. The van der Waals surface area contributed by atoms with Crippen LogP contribution in [0.1, 0.15) is 57.6 Å². The lowest BCUT2D eigenvalue weighted by Crippen LogP contribution is -2.74. The van der Waals surface area contributed by atoms with Crippen LogP contribution in [0.4, 0.5) is 4.79 Å². The normalized spacial score (nSPS) is 21.3. The van der Waals surface area contributed by atoms with Crippen LogP contribution in [0.2, 0.25) is 0 Å². The lowest BCUT2D eigenvalue weighted by atomic mass is 9.96. The fraction of sp³-hybridized carbons (Fsp3) is 0.500. The Morgan fingerprint density at radius 2 is 1.72 bits per heavy atom. The average Bonchev–Trinajstić information content (AvgIpc) is 2.92. The molecule has 0 spiro atoms. The van der Waals surface area contributed by atoms with Gasteiger partial charge in [0.2, 0.25) is 5.91 Å². The lowest BCUT2D eigenvalue weighted by molar-refractivity contribution is -0.273. The Morgan fingerprint density at radius 1 is 1.00 bits per heavy atom. The second kappa shape index (κ2) is 13.0. The van der Waals surface area contributed by atoms with Gasteiger partial charge in [-0.25, -0.2) is 4.79 Å². The number of nitrogens with zero attached hydrogens (tertiary/aromatic N) is 3. The summed E-state index contributed by atoms with van der Waals surface area (Å²) in [7, 11) is 0. The zero-order valence-electron chi connectivity index (χ0n) is 23.0. The minimum absolute atomic E-state index is 0.0985. The molecule has 2 aromatic rings. The molecule has 9 heteroatoms. The van der Waals surface area contributed by atoms with E-state index in [9.17, 15) is 19.5 Å². The summed E-state index contributed by atoms with van der Waals surface area (Å²) in [5, 5.41) is 10.9. The summed E-state index contributed by atoms with van der Waals surface area (Å²) in [6.07, 6.45) is 1.66. The Bertz CT molecular complexity index is 1120. The molecule has 2 heterocycles. The molecule has 0 saturated carbocycles. The molecule has 2 aromatic carbocycles. The Labute approximate surface area is 230 Å². The van der Waals surface area contributed by atoms with Crippen LogP contribution in [0, 0.1) is 5.92 Å². The Balaban J connectivity index is 1.66. The van der Waals surface area contributed by atoms with Gasteiger partial charge in [0.1, 0.15) is 11.8 Å². The zero-order valence-corrected chi connectivity index (χ0v) is 23.0. The number of hydroxylamine groups is 2. The van der Waals surface area contributed by atoms with Crippen molar-refractivity contribution in [3.8, 4) is 5.75 Å². The number of hydrogen-bond acceptors (Lipinski definition) is 6. The van der Waals surface area contributed by atoms with Crippen molar-refractivity contribution in [2.45, 2.75) is 77.7 Å². The number of benzene rings is 2. The average molecular weight is 538 g/mol. The molecular formula is C30H39N3O6. The number of carbonyl (C=O) groups excluding carboxylic acids is 3. The van der Waals surface area contributed by atoms with Gasteiger partial charge in [-0.05, 0) is 35.6 Å². The van der Waals surface area contributed by atoms with E-state index in [1.54, 1.807) is 29.2 Å². The number of aromatic hydroxyl groups is 1. The first kappa shape index (κ1) is 28.4. The monoisotopic (exact) mass is 537 g/mol. The summed E-state index contributed by atoms with van der Waals surface area (Å²) in [5.74, 6) is -0.634. The molecule has 1 N–H and O–H groups in total. The van der Waals surface area contributed by atoms with E-state index < -0.39 is 24.4 Å². The Morgan fingerprint density at radius 3 is 2.38 bits per heavy atom. The first-order chi connectivity index (χ1) is 18.8. The number of amides is 3. The van der Waals surface area contributed by atoms with Crippen molar-refractivity contribution in [3.05, 3.63) is 65.7 Å². The first-order valence-electron chi connectivity index (χ1n) is 13.9. The topological polar surface area (TPSA) is 99.6 Å². The molecule has 2 fully saturated rings. The van der Waals surface area contributed by atoms with E-state index in [0.717, 1.165) is 36.8 Å². The smallest absolute Gasteiger partial charge is 0.436 e. The predicted octanol–water partition coefficient (Wildman–Crippen LogP) is 4.49. The molecule has 0 aliphatic carbocycles.